The number of carboxylic acid groups (broad SMARTS) is 4. The van der Waals surface area contributed by atoms with Crippen molar-refractivity contribution in [2.45, 2.75) is 62.7 Å². The Bertz CT molecular complexity index is 409. The molecule has 12 nitrogen and oxygen atoms in total. The molecule has 0 saturated carbocycles. The van der Waals surface area contributed by atoms with Crippen LogP contribution in [0.15, 0.2) is 0 Å². The molecule has 0 unspecified atom stereocenters. The number of hydrogen-bond acceptors (Lipinski definition) is 8. The van der Waals surface area contributed by atoms with E-state index in [-0.39, 0.29) is 51.4 Å². The maximum Gasteiger partial charge on any atom is 0.303 e. The summed E-state index contributed by atoms with van der Waals surface area (Å²) in [5, 5.41) is 33.3. The summed E-state index contributed by atoms with van der Waals surface area (Å²) in [6, 6.07) is 0. The fourth-order valence-electron chi connectivity index (χ4n) is 1.61. The Morgan fingerprint density at radius 1 is 0.500 bits per heavy atom. The zero-order valence-electron chi connectivity index (χ0n) is 14.4. The van der Waals surface area contributed by atoms with Crippen molar-refractivity contribution in [3.63, 3.8) is 0 Å². The molecule has 0 rings (SSSR count). The molecule has 0 fully saturated rings. The van der Waals surface area contributed by atoms with Crippen LogP contribution in [-0.4, -0.2) is 55.6 Å². The summed E-state index contributed by atoms with van der Waals surface area (Å²) in [7, 11) is 0. The van der Waals surface area contributed by atoms with E-state index in [1.165, 1.54) is 0 Å². The molecular formula is C14H28N4O8. The largest absolute Gasteiger partial charge is 0.481 e. The highest BCUT2D eigenvalue weighted by Crippen LogP contribution is 2.10. The molecule has 26 heavy (non-hydrogen) atoms. The first-order valence-electron chi connectivity index (χ1n) is 7.69. The summed E-state index contributed by atoms with van der Waals surface area (Å²) in [5.74, 6) is -3.96. The van der Waals surface area contributed by atoms with Crippen molar-refractivity contribution in [3.05, 3.63) is 0 Å². The van der Waals surface area contributed by atoms with Gasteiger partial charge in [0.15, 0.2) is 0 Å². The summed E-state index contributed by atoms with van der Waals surface area (Å²) in [6.07, 6.45) is -0.269. The summed E-state index contributed by atoms with van der Waals surface area (Å²) in [6.45, 7) is 0. The average molecular weight is 380 g/mol. The fourth-order valence-corrected chi connectivity index (χ4v) is 1.61. The van der Waals surface area contributed by atoms with Gasteiger partial charge in [-0.15, -0.1) is 0 Å². The quantitative estimate of drug-likeness (QED) is 0.183. The molecule has 0 amide bonds. The first-order valence-corrected chi connectivity index (χ1v) is 7.69. The second-order valence-electron chi connectivity index (χ2n) is 6.04. The summed E-state index contributed by atoms with van der Waals surface area (Å²) in [5.41, 5.74) is 19.5. The highest BCUT2D eigenvalue weighted by molar-refractivity contribution is 5.68. The predicted molar refractivity (Wildman–Crippen MR) is 89.7 cm³/mol. The van der Waals surface area contributed by atoms with Crippen LogP contribution in [-0.2, 0) is 19.2 Å². The van der Waals surface area contributed by atoms with Crippen LogP contribution in [0.2, 0.25) is 0 Å². The van der Waals surface area contributed by atoms with E-state index in [9.17, 15) is 19.2 Å². The molecule has 0 heterocycles. The van der Waals surface area contributed by atoms with Crippen LogP contribution in [0.25, 0.3) is 0 Å². The van der Waals surface area contributed by atoms with Gasteiger partial charge in [-0.1, -0.05) is 0 Å². The van der Waals surface area contributed by atoms with Crippen molar-refractivity contribution in [3.8, 4) is 0 Å². The lowest BCUT2D eigenvalue weighted by molar-refractivity contribution is -0.139. The van der Waals surface area contributed by atoms with E-state index in [1.54, 1.807) is 0 Å². The summed E-state index contributed by atoms with van der Waals surface area (Å²) >= 11 is 0. The van der Waals surface area contributed by atoms with Crippen molar-refractivity contribution >= 4 is 23.9 Å². The van der Waals surface area contributed by atoms with Gasteiger partial charge in [-0.3, -0.25) is 19.2 Å². The molecule has 12 N–H and O–H groups in total. The van der Waals surface area contributed by atoms with E-state index in [4.69, 9.17) is 43.4 Å². The molecule has 0 aromatic carbocycles. The third-order valence-corrected chi connectivity index (χ3v) is 3.22. The lowest BCUT2D eigenvalue weighted by Crippen LogP contribution is -2.49. The molecule has 0 saturated heterocycles. The van der Waals surface area contributed by atoms with E-state index >= 15 is 0 Å². The lowest BCUT2D eigenvalue weighted by Gasteiger charge is -2.22. The number of carbonyl (C=O) groups is 4. The normalized spacial score (nSPS) is 11.2. The van der Waals surface area contributed by atoms with Gasteiger partial charge >= 0.3 is 23.9 Å². The first-order chi connectivity index (χ1) is 11.7. The minimum absolute atomic E-state index is 0.0790. The van der Waals surface area contributed by atoms with Gasteiger partial charge in [0.1, 0.15) is 0 Å². The van der Waals surface area contributed by atoms with E-state index in [0.717, 1.165) is 0 Å². The van der Waals surface area contributed by atoms with Crippen LogP contribution < -0.4 is 22.9 Å². The fraction of sp³-hybridized carbons (Fsp3) is 0.714. The van der Waals surface area contributed by atoms with Crippen LogP contribution >= 0.6 is 0 Å². The van der Waals surface area contributed by atoms with E-state index in [2.05, 4.69) is 0 Å². The van der Waals surface area contributed by atoms with E-state index < -0.39 is 35.2 Å². The molecule has 0 aromatic rings. The Morgan fingerprint density at radius 2 is 0.654 bits per heavy atom. The third-order valence-electron chi connectivity index (χ3n) is 3.22. The molecule has 0 spiro atoms. The van der Waals surface area contributed by atoms with E-state index in [0.29, 0.717) is 0 Å². The van der Waals surface area contributed by atoms with Crippen molar-refractivity contribution < 1.29 is 39.6 Å². The molecule has 0 aromatic heterocycles. The van der Waals surface area contributed by atoms with Crippen LogP contribution in [0, 0.1) is 0 Å². The van der Waals surface area contributed by atoms with Gasteiger partial charge < -0.3 is 43.4 Å². The Morgan fingerprint density at radius 3 is 0.769 bits per heavy atom. The van der Waals surface area contributed by atoms with Crippen LogP contribution in [0.1, 0.15) is 51.4 Å². The second-order valence-corrected chi connectivity index (χ2v) is 6.04. The number of rotatable bonds is 12. The highest BCUT2D eigenvalue weighted by atomic mass is 16.4. The molecule has 152 valence electrons. The van der Waals surface area contributed by atoms with Gasteiger partial charge in [0.05, 0.1) is 11.3 Å². The Labute approximate surface area is 150 Å². The molecule has 0 bridgehead atoms. The van der Waals surface area contributed by atoms with Crippen LogP contribution in [0.4, 0.5) is 0 Å². The minimum atomic E-state index is -1.20. The van der Waals surface area contributed by atoms with Gasteiger partial charge in [0.2, 0.25) is 0 Å². The molecule has 0 atom stereocenters. The topological polar surface area (TPSA) is 253 Å². The van der Waals surface area contributed by atoms with E-state index in [1.807, 2.05) is 0 Å². The number of nitrogens with two attached hydrogens (primary N) is 4. The number of carboxylic acids is 4. The van der Waals surface area contributed by atoms with Crippen LogP contribution in [0.3, 0.4) is 0 Å². The molecule has 0 aliphatic carbocycles. The monoisotopic (exact) mass is 380 g/mol. The van der Waals surface area contributed by atoms with Crippen molar-refractivity contribution in [2.24, 2.45) is 22.9 Å². The van der Waals surface area contributed by atoms with Gasteiger partial charge in [-0.05, 0) is 25.7 Å². The molecule has 0 aliphatic rings. The molecular weight excluding hydrogens is 352 g/mol. The highest BCUT2D eigenvalue weighted by Gasteiger charge is 2.22. The number of hydrogen-bond donors (Lipinski definition) is 8. The van der Waals surface area contributed by atoms with Crippen molar-refractivity contribution in [1.29, 1.82) is 0 Å². The maximum absolute atomic E-state index is 10.2. The second kappa shape index (κ2) is 12.1. The zero-order valence-corrected chi connectivity index (χ0v) is 14.4. The van der Waals surface area contributed by atoms with Gasteiger partial charge in [-0.2, -0.15) is 0 Å². The molecule has 0 aliphatic heterocycles. The van der Waals surface area contributed by atoms with Crippen LogP contribution in [0.5, 0.6) is 0 Å². The molecule has 12 heteroatoms. The zero-order chi connectivity index (χ0) is 21.0. The Hall–Kier alpha value is -2.28. The number of aliphatic carboxylic acids is 4. The van der Waals surface area contributed by atoms with Gasteiger partial charge in [0, 0.05) is 25.7 Å². The van der Waals surface area contributed by atoms with Gasteiger partial charge in [0.25, 0.3) is 0 Å². The van der Waals surface area contributed by atoms with Crippen molar-refractivity contribution in [1.82, 2.24) is 0 Å². The lowest BCUT2D eigenvalue weighted by atomic mass is 10.00. The summed E-state index contributed by atoms with van der Waals surface area (Å²) < 4.78 is 0. The minimum Gasteiger partial charge on any atom is -0.481 e. The first kappa shape index (κ1) is 26.0. The predicted octanol–water partition coefficient (Wildman–Crippen LogP) is -1.34. The molecule has 0 radical (unpaired) electrons. The standard InChI is InChI=1S/2C7H14N2O4/c2*8-7(9,3-1-5(10)11)4-2-6(12)13/h2*1-4,8-9H2,(H,10,11)(H,12,13). The Kier molecular flexibility index (Phi) is 12.1. The maximum atomic E-state index is 10.2. The van der Waals surface area contributed by atoms with Gasteiger partial charge in [-0.25, -0.2) is 0 Å². The smallest absolute Gasteiger partial charge is 0.303 e. The van der Waals surface area contributed by atoms with Crippen molar-refractivity contribution in [2.75, 3.05) is 0 Å². The SMILES string of the molecule is NC(N)(CCC(=O)O)CCC(=O)O.NC(N)(CCC(=O)O)CCC(=O)O. The Balaban J connectivity index is 0. The summed E-state index contributed by atoms with van der Waals surface area (Å²) in [4.78, 5) is 40.6. The third kappa shape index (κ3) is 19.8. The average Bonchev–Trinajstić information content (AvgIpc) is 2.48.